The zero-order chi connectivity index (χ0) is 31.9. The van der Waals surface area contributed by atoms with Gasteiger partial charge in [-0.2, -0.15) is 0 Å². The summed E-state index contributed by atoms with van der Waals surface area (Å²) < 4.78 is 6.08. The first-order chi connectivity index (χ1) is 21.7. The molecular formula is C33H30Cl4N6O4. The highest BCUT2D eigenvalue weighted by molar-refractivity contribution is 6.38. The number of para-hydroxylation sites is 1. The first-order valence-corrected chi connectivity index (χ1v) is 14.5. The standard InChI is InChI=1S/C33H28Cl2N6O4.2ClH/c1-20-9-10-21-5-4-8-28(31(21)38-20)45-19-25-26(34)11-12-27(30(25)35)41(2)29(42)18-37-33(44)40-24-7-3-6-22(17-24)32(43)39-23-13-15-36-16-14-23;;/h3-17H,18-19H2,1-2H3,(H,36,39,43)(H2,37,40,44);2*1H. The van der Waals surface area contributed by atoms with Crippen LogP contribution in [0.4, 0.5) is 21.9 Å². The Morgan fingerprint density at radius 1 is 0.872 bits per heavy atom. The van der Waals surface area contributed by atoms with Gasteiger partial charge in [0, 0.05) is 58.0 Å². The minimum Gasteiger partial charge on any atom is -0.487 e. The Balaban J connectivity index is 0.00000300. The fourth-order valence-electron chi connectivity index (χ4n) is 4.42. The van der Waals surface area contributed by atoms with Crippen molar-refractivity contribution in [1.82, 2.24) is 15.3 Å². The molecule has 4 amide bonds. The highest BCUT2D eigenvalue weighted by Gasteiger charge is 2.20. The molecule has 2 aromatic heterocycles. The van der Waals surface area contributed by atoms with E-state index in [9.17, 15) is 14.4 Å². The normalized spacial score (nSPS) is 10.2. The molecule has 5 aromatic rings. The Kier molecular flexibility index (Phi) is 13.2. The van der Waals surface area contributed by atoms with Crippen LogP contribution in [-0.2, 0) is 11.4 Å². The van der Waals surface area contributed by atoms with Gasteiger partial charge in [-0.1, -0.05) is 47.5 Å². The Labute approximate surface area is 293 Å². The van der Waals surface area contributed by atoms with Gasteiger partial charge in [0.2, 0.25) is 5.91 Å². The predicted octanol–water partition coefficient (Wildman–Crippen LogP) is 7.70. The molecule has 2 heterocycles. The van der Waals surface area contributed by atoms with Gasteiger partial charge < -0.3 is 25.6 Å². The molecule has 0 aliphatic rings. The number of carbonyl (C=O) groups excluding carboxylic acids is 3. The number of hydrogen-bond donors (Lipinski definition) is 3. The van der Waals surface area contributed by atoms with Crippen LogP contribution in [0.3, 0.4) is 0 Å². The number of urea groups is 1. The van der Waals surface area contributed by atoms with E-state index in [2.05, 4.69) is 25.9 Å². The Hall–Kier alpha value is -4.61. The summed E-state index contributed by atoms with van der Waals surface area (Å²) in [4.78, 5) is 48.0. The number of pyridine rings is 2. The van der Waals surface area contributed by atoms with Crippen molar-refractivity contribution in [1.29, 1.82) is 0 Å². The molecule has 3 aromatic carbocycles. The van der Waals surface area contributed by atoms with Crippen molar-refractivity contribution >= 4 is 93.8 Å². The summed E-state index contributed by atoms with van der Waals surface area (Å²) in [5.41, 5.74) is 3.77. The molecule has 10 nitrogen and oxygen atoms in total. The third kappa shape index (κ3) is 9.24. The summed E-state index contributed by atoms with van der Waals surface area (Å²) in [5.74, 6) is -0.204. The maximum absolute atomic E-state index is 13.0. The SMILES string of the molecule is Cc1ccc2cccc(OCc3c(Cl)ccc(N(C)C(=O)CNC(=O)Nc4cccc(C(=O)Nc5ccncc5)c4)c3Cl)c2n1.Cl.Cl. The number of halogens is 4. The predicted molar refractivity (Wildman–Crippen MR) is 191 cm³/mol. The molecule has 3 N–H and O–H groups in total. The van der Waals surface area contributed by atoms with E-state index in [-0.39, 0.29) is 48.9 Å². The third-order valence-corrected chi connectivity index (χ3v) is 7.59. The molecule has 0 bridgehead atoms. The number of anilines is 3. The van der Waals surface area contributed by atoms with E-state index in [0.29, 0.717) is 39.0 Å². The zero-order valence-electron chi connectivity index (χ0n) is 25.1. The van der Waals surface area contributed by atoms with Gasteiger partial charge in [-0.15, -0.1) is 24.8 Å². The van der Waals surface area contributed by atoms with Crippen molar-refractivity contribution in [2.24, 2.45) is 0 Å². The van der Waals surface area contributed by atoms with E-state index in [0.717, 1.165) is 16.6 Å². The largest absolute Gasteiger partial charge is 0.487 e. The number of benzene rings is 3. The number of hydrogen-bond acceptors (Lipinski definition) is 6. The number of nitrogens with one attached hydrogen (secondary N) is 3. The number of carbonyl (C=O) groups is 3. The molecular weight excluding hydrogens is 686 g/mol. The fraction of sp³-hybridized carbons (Fsp3) is 0.121. The lowest BCUT2D eigenvalue weighted by Crippen LogP contribution is -2.40. The van der Waals surface area contributed by atoms with E-state index in [4.69, 9.17) is 27.9 Å². The van der Waals surface area contributed by atoms with Crippen LogP contribution in [0.1, 0.15) is 21.6 Å². The van der Waals surface area contributed by atoms with E-state index >= 15 is 0 Å². The minimum absolute atomic E-state index is 0. The third-order valence-electron chi connectivity index (χ3n) is 6.82. The summed E-state index contributed by atoms with van der Waals surface area (Å²) >= 11 is 13.2. The van der Waals surface area contributed by atoms with Gasteiger partial charge >= 0.3 is 6.03 Å². The minimum atomic E-state index is -0.626. The Bertz CT molecular complexity index is 1890. The van der Waals surface area contributed by atoms with Gasteiger partial charge in [0.15, 0.2) is 0 Å². The molecule has 5 rings (SSSR count). The van der Waals surface area contributed by atoms with E-state index in [1.807, 2.05) is 37.3 Å². The monoisotopic (exact) mass is 714 g/mol. The van der Waals surface area contributed by atoms with E-state index in [1.165, 1.54) is 11.0 Å². The first-order valence-electron chi connectivity index (χ1n) is 13.8. The van der Waals surface area contributed by atoms with Gasteiger partial charge in [0.1, 0.15) is 17.9 Å². The lowest BCUT2D eigenvalue weighted by molar-refractivity contribution is -0.117. The summed E-state index contributed by atoms with van der Waals surface area (Å²) in [5, 5.41) is 9.48. The average Bonchev–Trinajstić information content (AvgIpc) is 3.04. The van der Waals surface area contributed by atoms with Crippen LogP contribution >= 0.6 is 48.0 Å². The van der Waals surface area contributed by atoms with Gasteiger partial charge in [-0.3, -0.25) is 14.6 Å². The van der Waals surface area contributed by atoms with Crippen LogP contribution in [0.15, 0.2) is 91.3 Å². The second-order valence-corrected chi connectivity index (χ2v) is 10.7. The van der Waals surface area contributed by atoms with Crippen molar-refractivity contribution in [2.75, 3.05) is 29.1 Å². The summed E-state index contributed by atoms with van der Waals surface area (Å²) in [6.07, 6.45) is 3.13. The van der Waals surface area contributed by atoms with Crippen molar-refractivity contribution in [3.8, 4) is 5.75 Å². The molecule has 14 heteroatoms. The number of nitrogens with zero attached hydrogens (tertiary/aromatic N) is 3. The van der Waals surface area contributed by atoms with Crippen LogP contribution in [0.2, 0.25) is 10.0 Å². The maximum atomic E-state index is 13.0. The Morgan fingerprint density at radius 2 is 1.62 bits per heavy atom. The number of aromatic nitrogens is 2. The number of fused-ring (bicyclic) bond motifs is 1. The molecule has 0 aliphatic carbocycles. The quantitative estimate of drug-likeness (QED) is 0.144. The molecule has 0 radical (unpaired) electrons. The Morgan fingerprint density at radius 3 is 2.38 bits per heavy atom. The number of aryl methyl sites for hydroxylation is 1. The van der Waals surface area contributed by atoms with Crippen LogP contribution < -0.4 is 25.6 Å². The van der Waals surface area contributed by atoms with Crippen LogP contribution in [0.25, 0.3) is 10.9 Å². The lowest BCUT2D eigenvalue weighted by Gasteiger charge is -2.21. The molecule has 0 aliphatic heterocycles. The van der Waals surface area contributed by atoms with E-state index < -0.39 is 11.9 Å². The zero-order valence-corrected chi connectivity index (χ0v) is 28.3. The molecule has 47 heavy (non-hydrogen) atoms. The van der Waals surface area contributed by atoms with Gasteiger partial charge in [0.25, 0.3) is 5.91 Å². The van der Waals surface area contributed by atoms with Crippen molar-refractivity contribution in [2.45, 2.75) is 13.5 Å². The average molecular weight is 716 g/mol. The molecule has 0 fully saturated rings. The van der Waals surface area contributed by atoms with Crippen molar-refractivity contribution < 1.29 is 19.1 Å². The summed E-state index contributed by atoms with van der Waals surface area (Å²) in [6.45, 7) is 1.63. The molecule has 0 spiro atoms. The fourth-order valence-corrected chi connectivity index (χ4v) is 5.03. The molecule has 0 unspecified atom stereocenters. The molecule has 0 atom stereocenters. The molecule has 0 saturated carbocycles. The number of likely N-dealkylation sites (N-methyl/N-ethyl adjacent to an activating group) is 1. The maximum Gasteiger partial charge on any atom is 0.319 e. The van der Waals surface area contributed by atoms with Gasteiger partial charge in [-0.25, -0.2) is 9.78 Å². The van der Waals surface area contributed by atoms with Crippen LogP contribution in [0, 0.1) is 6.92 Å². The second-order valence-electron chi connectivity index (χ2n) is 9.96. The molecule has 0 saturated heterocycles. The lowest BCUT2D eigenvalue weighted by atomic mass is 10.1. The molecule has 244 valence electrons. The number of ether oxygens (including phenoxy) is 1. The number of amides is 4. The van der Waals surface area contributed by atoms with Crippen molar-refractivity contribution in [3.63, 3.8) is 0 Å². The summed E-state index contributed by atoms with van der Waals surface area (Å²) in [7, 11) is 1.55. The highest BCUT2D eigenvalue weighted by Crippen LogP contribution is 2.35. The van der Waals surface area contributed by atoms with Gasteiger partial charge in [0.05, 0.1) is 17.3 Å². The first kappa shape index (κ1) is 36.9. The number of rotatable bonds is 9. The summed E-state index contributed by atoms with van der Waals surface area (Å²) in [6, 6.07) is 21.9. The van der Waals surface area contributed by atoms with Gasteiger partial charge in [-0.05, 0) is 61.5 Å². The second kappa shape index (κ2) is 16.8. The van der Waals surface area contributed by atoms with Crippen LogP contribution in [0.5, 0.6) is 5.75 Å². The highest BCUT2D eigenvalue weighted by atomic mass is 35.5. The van der Waals surface area contributed by atoms with E-state index in [1.54, 1.807) is 61.9 Å². The van der Waals surface area contributed by atoms with Crippen LogP contribution in [-0.4, -0.2) is 41.4 Å². The smallest absolute Gasteiger partial charge is 0.319 e. The van der Waals surface area contributed by atoms with Crippen molar-refractivity contribution in [3.05, 3.63) is 118 Å². The topological polar surface area (TPSA) is 126 Å².